The van der Waals surface area contributed by atoms with Crippen molar-refractivity contribution in [2.45, 2.75) is 0 Å². The topological polar surface area (TPSA) is 0 Å². The summed E-state index contributed by atoms with van der Waals surface area (Å²) in [6.07, 6.45) is 0. The first kappa shape index (κ1) is 31.0. The molecular formula is CH25P21. The zero-order valence-corrected chi connectivity index (χ0v) is 33.5. The summed E-state index contributed by atoms with van der Waals surface area (Å²) in [6.45, 7) is 3.34. The maximum Gasteiger partial charge on any atom is -0.00540 e. The van der Waals surface area contributed by atoms with Gasteiger partial charge in [0.25, 0.3) is 0 Å². The van der Waals surface area contributed by atoms with Crippen molar-refractivity contribution < 1.29 is 0 Å². The lowest BCUT2D eigenvalue weighted by atomic mass is 12.0. The molecule has 21 heteroatoms. The second-order valence-electron chi connectivity index (χ2n) is 3.51. The summed E-state index contributed by atoms with van der Waals surface area (Å²) in [6, 6.07) is 0. The first-order valence-electron chi connectivity index (χ1n) is 5.09. The van der Waals surface area contributed by atoms with Crippen LogP contribution in [0.2, 0.25) is 0 Å². The van der Waals surface area contributed by atoms with Crippen molar-refractivity contribution in [3.8, 4) is 0 Å². The minimum Gasteiger partial charge on any atom is -0.102 e. The number of hydrogen-bond donors (Lipinski definition) is 0. The number of rotatable bonds is 9. The van der Waals surface area contributed by atoms with E-state index >= 15 is 0 Å². The molecule has 22 heavy (non-hydrogen) atoms. The lowest BCUT2D eigenvalue weighted by Gasteiger charge is -2.45. The van der Waals surface area contributed by atoms with Gasteiger partial charge in [-0.3, -0.25) is 0 Å². The standard InChI is InChI=1S/CH25P21/c1-13(20(15(4)5)16(6)7)21(19(12)14(2)3)22(17(8)9)18(10)11/h2-12H2,1H3. The van der Waals surface area contributed by atoms with Crippen molar-refractivity contribution in [2.24, 2.45) is 0 Å². The molecule has 0 N–H and O–H groups in total. The molecule has 0 saturated carbocycles. The Morgan fingerprint density at radius 3 is 0.955 bits per heavy atom. The van der Waals surface area contributed by atoms with E-state index in [0.717, 1.165) is 0 Å². The van der Waals surface area contributed by atoms with Crippen LogP contribution in [0.1, 0.15) is 0 Å². The monoisotopic (exact) mass is 688 g/mol. The van der Waals surface area contributed by atoms with E-state index < -0.39 is 0 Å². The third kappa shape index (κ3) is 11.2. The van der Waals surface area contributed by atoms with E-state index in [2.05, 4.69) is 105 Å². The van der Waals surface area contributed by atoms with Crippen LogP contribution in [0.4, 0.5) is 0 Å². The van der Waals surface area contributed by atoms with E-state index in [-0.39, 0.29) is 70.2 Å². The highest BCUT2D eigenvalue weighted by molar-refractivity contribution is 9.33. The molecule has 0 fully saturated rings. The molecule has 0 amide bonds. The van der Waals surface area contributed by atoms with Crippen LogP contribution in [-0.2, 0) is 0 Å². The van der Waals surface area contributed by atoms with Gasteiger partial charge >= 0.3 is 0 Å². The average molecular weight is 688 g/mol. The largest absolute Gasteiger partial charge is 0.102 e. The maximum absolute atomic E-state index is 3.32. The SMILES string of the molecule is CP(P(P(P)P)P(P)P)P(P(P)P(P)P)P(P(P)P)P(P)P. The Balaban J connectivity index is 5.74. The molecule has 0 aromatic heterocycles. The van der Waals surface area contributed by atoms with Crippen molar-refractivity contribution in [1.82, 2.24) is 0 Å². The molecule has 0 aromatic carbocycles. The Kier molecular flexibility index (Phi) is 23.4. The quantitative estimate of drug-likeness (QED) is 0.212. The second-order valence-corrected chi connectivity index (χ2v) is 87.7. The first-order chi connectivity index (χ1) is 9.93. The normalized spacial score (nSPS) is 17.6. The maximum atomic E-state index is 3.32. The van der Waals surface area contributed by atoms with Crippen LogP contribution < -0.4 is 0 Å². The lowest BCUT2D eigenvalue weighted by molar-refractivity contribution is 2.50. The summed E-state index contributed by atoms with van der Waals surface area (Å²) in [4.78, 5) is 0. The van der Waals surface area contributed by atoms with Crippen LogP contribution in [0.15, 0.2) is 0 Å². The molecule has 0 saturated heterocycles. The lowest BCUT2D eigenvalue weighted by Crippen LogP contribution is -1.61. The molecule has 0 rings (SSSR count). The molecule has 0 aliphatic carbocycles. The van der Waals surface area contributed by atoms with Crippen LogP contribution >= 0.6 is 168 Å². The Bertz CT molecular complexity index is 274. The third-order valence-electron chi connectivity index (χ3n) is 1.92. The van der Waals surface area contributed by atoms with Gasteiger partial charge in [0, 0.05) is 0 Å². The molecule has 0 aliphatic heterocycles. The Morgan fingerprint density at radius 1 is 0.409 bits per heavy atom. The third-order valence-corrected chi connectivity index (χ3v) is 137. The molecule has 0 aromatic rings. The van der Waals surface area contributed by atoms with Crippen molar-refractivity contribution in [2.75, 3.05) is 6.66 Å². The smallest absolute Gasteiger partial charge is 0.00540 e. The summed E-state index contributed by atoms with van der Waals surface area (Å²) < 4.78 is 0. The molecule has 0 radical (unpaired) electrons. The number of hydrogen-bond acceptors (Lipinski definition) is 0. The Morgan fingerprint density at radius 2 is 0.727 bits per heavy atom. The van der Waals surface area contributed by atoms with Gasteiger partial charge in [0.1, 0.15) is 0 Å². The van der Waals surface area contributed by atoms with Gasteiger partial charge in [0.2, 0.25) is 0 Å². The van der Waals surface area contributed by atoms with Gasteiger partial charge in [0.15, 0.2) is 0 Å². The van der Waals surface area contributed by atoms with Gasteiger partial charge in [-0.1, -0.05) is 0 Å². The van der Waals surface area contributed by atoms with Crippen molar-refractivity contribution in [3.63, 3.8) is 0 Å². The molecule has 0 bridgehead atoms. The van der Waals surface area contributed by atoms with E-state index in [4.69, 9.17) is 0 Å². The highest BCUT2D eigenvalue weighted by Crippen LogP contribution is 3.28. The highest BCUT2D eigenvalue weighted by Gasteiger charge is 2.41. The molecule has 14 atom stereocenters. The first-order valence-corrected chi connectivity index (χ1v) is 43.1. The Labute approximate surface area is 173 Å². The fraction of sp³-hybridized carbons (Fsp3) is 1.00. The summed E-state index contributed by atoms with van der Waals surface area (Å²) in [5, 5.41) is 0. The molecule has 0 spiro atoms. The zero-order valence-electron chi connectivity index (χ0n) is 11.8. The van der Waals surface area contributed by atoms with Crippen molar-refractivity contribution >= 4 is 168 Å². The molecular weight excluding hydrogens is 662 g/mol. The second kappa shape index (κ2) is 16.6. The zero-order chi connectivity index (χ0) is 17.8. The van der Waals surface area contributed by atoms with Crippen molar-refractivity contribution in [3.05, 3.63) is 0 Å². The van der Waals surface area contributed by atoms with E-state index in [9.17, 15) is 0 Å². The van der Waals surface area contributed by atoms with Crippen molar-refractivity contribution in [1.29, 1.82) is 0 Å². The molecule has 134 valence electrons. The van der Waals surface area contributed by atoms with Crippen LogP contribution in [0.5, 0.6) is 0 Å². The van der Waals surface area contributed by atoms with E-state index in [1.165, 1.54) is 0 Å². The highest BCUT2D eigenvalue weighted by atomic mass is 33.4. The minimum absolute atomic E-state index is 0.0248. The predicted molar refractivity (Wildman–Crippen MR) is 182 cm³/mol. The van der Waals surface area contributed by atoms with Gasteiger partial charge in [-0.15, -0.1) is 98.2 Å². The van der Waals surface area contributed by atoms with Gasteiger partial charge in [0.05, 0.1) is 0 Å². The van der Waals surface area contributed by atoms with Gasteiger partial charge in [-0.2, -0.15) is 0 Å². The van der Waals surface area contributed by atoms with Crippen LogP contribution in [0.3, 0.4) is 0 Å². The van der Waals surface area contributed by atoms with E-state index in [1.807, 2.05) is 0 Å². The predicted octanol–water partition coefficient (Wildman–Crippen LogP) is 12.4. The fourth-order valence-corrected chi connectivity index (χ4v) is 234. The summed E-state index contributed by atoms with van der Waals surface area (Å²) in [5.41, 5.74) is 0. The average Bonchev–Trinajstić information content (AvgIpc) is 2.32. The molecule has 0 heterocycles. The van der Waals surface area contributed by atoms with Crippen LogP contribution in [-0.4, -0.2) is 6.66 Å². The summed E-state index contributed by atoms with van der Waals surface area (Å²) >= 11 is 0. The van der Waals surface area contributed by atoms with Crippen LogP contribution in [0, 0.1) is 0 Å². The van der Waals surface area contributed by atoms with Gasteiger partial charge in [-0.05, 0) is 76.9 Å². The minimum atomic E-state index is 0.0248. The molecule has 0 nitrogen and oxygen atoms in total. The molecule has 0 aliphatic rings. The fourth-order valence-electron chi connectivity index (χ4n) is 1.22. The Hall–Kier alpha value is 9.03. The van der Waals surface area contributed by atoms with E-state index in [1.54, 1.807) is 0 Å². The molecule has 14 unspecified atom stereocenters. The van der Waals surface area contributed by atoms with Gasteiger partial charge in [-0.25, -0.2) is 0 Å². The summed E-state index contributed by atoms with van der Waals surface area (Å²) in [5.74, 6) is 0. The van der Waals surface area contributed by atoms with Crippen LogP contribution in [0.25, 0.3) is 0 Å². The van der Waals surface area contributed by atoms with Gasteiger partial charge < -0.3 is 0 Å². The summed E-state index contributed by atoms with van der Waals surface area (Å²) in [7, 11) is 35.1. The van der Waals surface area contributed by atoms with E-state index in [0.29, 0.717) is 0 Å².